The standard InChI is InChI=1S/C13H17F2NO.C11H12N4O.C2H6/c1-17-7-6-16-5-4-10(9-16)12-3-2-11(14)8-13(12)15;1-15-10(13-11(12)16)7-9(14-15)8-5-3-2-4-6-8;1-2/h2-3,8,10H,4-7,9H2,1H3;2-7H,1H3,(H3,12,13,16);1-2H3. The lowest BCUT2D eigenvalue weighted by Crippen LogP contribution is -2.24. The number of amides is 2. The van der Waals surface area contributed by atoms with Crippen LogP contribution >= 0.6 is 0 Å². The zero-order valence-corrected chi connectivity index (χ0v) is 20.8. The molecule has 35 heavy (non-hydrogen) atoms. The van der Waals surface area contributed by atoms with Crippen molar-refractivity contribution in [2.24, 2.45) is 12.8 Å². The lowest BCUT2D eigenvalue weighted by atomic mass is 9.98. The first kappa shape index (κ1) is 27.9. The number of methoxy groups -OCH3 is 1. The maximum absolute atomic E-state index is 13.6. The second-order valence-electron chi connectivity index (χ2n) is 7.84. The third-order valence-electron chi connectivity index (χ3n) is 5.49. The summed E-state index contributed by atoms with van der Waals surface area (Å²) < 4.78 is 33.0. The van der Waals surface area contributed by atoms with E-state index in [2.05, 4.69) is 15.3 Å². The van der Waals surface area contributed by atoms with Crippen LogP contribution in [0.15, 0.2) is 54.6 Å². The zero-order chi connectivity index (χ0) is 25.8. The van der Waals surface area contributed by atoms with Gasteiger partial charge in [0.2, 0.25) is 0 Å². The van der Waals surface area contributed by atoms with E-state index >= 15 is 0 Å². The van der Waals surface area contributed by atoms with Gasteiger partial charge >= 0.3 is 6.03 Å². The number of rotatable bonds is 6. The van der Waals surface area contributed by atoms with E-state index in [4.69, 9.17) is 10.5 Å². The third-order valence-corrected chi connectivity index (χ3v) is 5.49. The summed E-state index contributed by atoms with van der Waals surface area (Å²) in [5.41, 5.74) is 7.47. The van der Waals surface area contributed by atoms with E-state index < -0.39 is 17.7 Å². The Bertz CT molecular complexity index is 1060. The number of ether oxygens (including phenoxy) is 1. The lowest BCUT2D eigenvalue weighted by Gasteiger charge is -2.15. The molecule has 1 aliphatic rings. The molecule has 2 aromatic carbocycles. The Balaban J connectivity index is 0.000000231. The minimum Gasteiger partial charge on any atom is -0.383 e. The van der Waals surface area contributed by atoms with Crippen LogP contribution < -0.4 is 11.1 Å². The van der Waals surface area contributed by atoms with Crippen LogP contribution in [0.1, 0.15) is 31.7 Å². The van der Waals surface area contributed by atoms with Gasteiger partial charge in [-0.3, -0.25) is 10.00 Å². The number of nitrogens with two attached hydrogens (primary N) is 1. The van der Waals surface area contributed by atoms with Crippen molar-refractivity contribution in [2.45, 2.75) is 26.2 Å². The van der Waals surface area contributed by atoms with E-state index in [1.807, 2.05) is 44.2 Å². The van der Waals surface area contributed by atoms with Crippen LogP contribution in [0, 0.1) is 11.6 Å². The highest BCUT2D eigenvalue weighted by atomic mass is 19.1. The normalized spacial score (nSPS) is 15.0. The Kier molecular flexibility index (Phi) is 11.3. The first-order valence-corrected chi connectivity index (χ1v) is 11.7. The summed E-state index contributed by atoms with van der Waals surface area (Å²) in [5.74, 6) is -0.192. The molecule has 4 rings (SSSR count). The molecule has 3 N–H and O–H groups in total. The molecule has 0 saturated carbocycles. The monoisotopic (exact) mass is 487 g/mol. The molecule has 0 radical (unpaired) electrons. The van der Waals surface area contributed by atoms with Crippen molar-refractivity contribution in [3.8, 4) is 11.3 Å². The number of aryl methyl sites for hydroxylation is 1. The molecule has 0 bridgehead atoms. The Morgan fingerprint density at radius 1 is 1.17 bits per heavy atom. The predicted octanol–water partition coefficient (Wildman–Crippen LogP) is 5.00. The van der Waals surface area contributed by atoms with Gasteiger partial charge in [0.05, 0.1) is 12.3 Å². The van der Waals surface area contributed by atoms with Crippen molar-refractivity contribution in [3.05, 3.63) is 71.8 Å². The zero-order valence-electron chi connectivity index (χ0n) is 20.8. The SMILES string of the molecule is CC.COCCN1CCC(c2ccc(F)cc2F)C1.Cn1nc(-c2ccccc2)cc1NC(N)=O. The first-order valence-electron chi connectivity index (χ1n) is 11.7. The molecule has 1 unspecified atom stereocenters. The molecule has 1 aromatic heterocycles. The van der Waals surface area contributed by atoms with Gasteiger partial charge in [-0.15, -0.1) is 0 Å². The Labute approximate surface area is 205 Å². The molecule has 7 nitrogen and oxygen atoms in total. The smallest absolute Gasteiger partial charge is 0.317 e. The topological polar surface area (TPSA) is 85.4 Å². The van der Waals surface area contributed by atoms with Crippen LogP contribution in [-0.2, 0) is 11.8 Å². The Hall–Kier alpha value is -3.30. The van der Waals surface area contributed by atoms with E-state index in [1.54, 1.807) is 31.0 Å². The summed E-state index contributed by atoms with van der Waals surface area (Å²) in [6.07, 6.45) is 0.923. The summed E-state index contributed by atoms with van der Waals surface area (Å²) >= 11 is 0. The molecule has 190 valence electrons. The van der Waals surface area contributed by atoms with Gasteiger partial charge in [-0.2, -0.15) is 5.10 Å². The number of benzene rings is 2. The average molecular weight is 488 g/mol. The van der Waals surface area contributed by atoms with E-state index in [1.165, 1.54) is 6.07 Å². The van der Waals surface area contributed by atoms with Crippen molar-refractivity contribution in [2.75, 3.05) is 38.7 Å². The highest BCUT2D eigenvalue weighted by Crippen LogP contribution is 2.29. The van der Waals surface area contributed by atoms with Gasteiger partial charge in [0, 0.05) is 50.9 Å². The number of hydrogen-bond acceptors (Lipinski definition) is 4. The summed E-state index contributed by atoms with van der Waals surface area (Å²) in [7, 11) is 3.42. The number of nitrogens with zero attached hydrogens (tertiary/aromatic N) is 3. The van der Waals surface area contributed by atoms with Crippen molar-refractivity contribution in [1.82, 2.24) is 14.7 Å². The number of carbonyl (C=O) groups is 1. The van der Waals surface area contributed by atoms with E-state index in [0.717, 1.165) is 43.4 Å². The maximum Gasteiger partial charge on any atom is 0.317 e. The molecule has 1 saturated heterocycles. The molecule has 0 aliphatic carbocycles. The number of likely N-dealkylation sites (tertiary alicyclic amines) is 1. The van der Waals surface area contributed by atoms with Gasteiger partial charge in [0.15, 0.2) is 0 Å². The maximum atomic E-state index is 13.6. The van der Waals surface area contributed by atoms with Gasteiger partial charge < -0.3 is 15.4 Å². The number of nitrogens with one attached hydrogen (secondary N) is 1. The number of hydrogen-bond donors (Lipinski definition) is 2. The van der Waals surface area contributed by atoms with Gasteiger partial charge in [-0.25, -0.2) is 13.6 Å². The number of urea groups is 1. The fourth-order valence-electron chi connectivity index (χ4n) is 3.80. The molecule has 1 atom stereocenters. The fourth-order valence-corrected chi connectivity index (χ4v) is 3.80. The Morgan fingerprint density at radius 3 is 2.51 bits per heavy atom. The van der Waals surface area contributed by atoms with Crippen LogP contribution in [0.25, 0.3) is 11.3 Å². The predicted molar refractivity (Wildman–Crippen MR) is 135 cm³/mol. The van der Waals surface area contributed by atoms with E-state index in [9.17, 15) is 13.6 Å². The lowest BCUT2D eigenvalue weighted by molar-refractivity contribution is 0.160. The largest absolute Gasteiger partial charge is 0.383 e. The quantitative estimate of drug-likeness (QED) is 0.512. The van der Waals surface area contributed by atoms with Gasteiger partial charge in [-0.1, -0.05) is 50.2 Å². The molecule has 1 fully saturated rings. The molecule has 2 amide bonds. The first-order chi connectivity index (χ1) is 16.9. The summed E-state index contributed by atoms with van der Waals surface area (Å²) in [6.45, 7) is 7.34. The molecule has 2 heterocycles. The molecular formula is C26H35F2N5O2. The van der Waals surface area contributed by atoms with Crippen LogP contribution in [0.2, 0.25) is 0 Å². The van der Waals surface area contributed by atoms with E-state index in [0.29, 0.717) is 18.0 Å². The number of halogens is 2. The van der Waals surface area contributed by atoms with Crippen LogP contribution in [-0.4, -0.2) is 54.1 Å². The van der Waals surface area contributed by atoms with Crippen LogP contribution in [0.5, 0.6) is 0 Å². The van der Waals surface area contributed by atoms with Gasteiger partial charge in [0.1, 0.15) is 17.5 Å². The van der Waals surface area contributed by atoms with Gasteiger partial charge in [0.25, 0.3) is 0 Å². The number of aromatic nitrogens is 2. The van der Waals surface area contributed by atoms with Crippen molar-refractivity contribution in [1.29, 1.82) is 0 Å². The van der Waals surface area contributed by atoms with Crippen molar-refractivity contribution >= 4 is 11.8 Å². The average Bonchev–Trinajstić information content (AvgIpc) is 3.46. The number of primary amides is 1. The molecule has 9 heteroatoms. The highest BCUT2D eigenvalue weighted by Gasteiger charge is 2.25. The van der Waals surface area contributed by atoms with Crippen molar-refractivity contribution < 1.29 is 18.3 Å². The van der Waals surface area contributed by atoms with E-state index in [-0.39, 0.29) is 5.92 Å². The van der Waals surface area contributed by atoms with Crippen LogP contribution in [0.3, 0.4) is 0 Å². The number of carbonyl (C=O) groups excluding carboxylic acids is 1. The van der Waals surface area contributed by atoms with Crippen molar-refractivity contribution in [3.63, 3.8) is 0 Å². The summed E-state index contributed by atoms with van der Waals surface area (Å²) in [6, 6.07) is 14.8. The molecule has 0 spiro atoms. The second-order valence-corrected chi connectivity index (χ2v) is 7.84. The molecule has 3 aromatic rings. The van der Waals surface area contributed by atoms with Crippen LogP contribution in [0.4, 0.5) is 19.4 Å². The summed E-state index contributed by atoms with van der Waals surface area (Å²) in [5, 5.41) is 6.78. The fraction of sp³-hybridized carbons (Fsp3) is 0.385. The summed E-state index contributed by atoms with van der Waals surface area (Å²) in [4.78, 5) is 13.0. The highest BCUT2D eigenvalue weighted by molar-refractivity contribution is 5.87. The minimum absolute atomic E-state index is 0.174. The number of anilines is 1. The molecule has 1 aliphatic heterocycles. The minimum atomic E-state index is -0.595. The third kappa shape index (κ3) is 8.45. The molecular weight excluding hydrogens is 452 g/mol. The van der Waals surface area contributed by atoms with Gasteiger partial charge in [-0.05, 0) is 24.6 Å². The second kappa shape index (κ2) is 14.2. The Morgan fingerprint density at radius 2 is 1.89 bits per heavy atom.